The molecule has 25 heavy (non-hydrogen) atoms. The molecule has 0 fully saturated rings. The molecule has 2 aromatic rings. The third kappa shape index (κ3) is 3.57. The molecule has 0 saturated heterocycles. The Morgan fingerprint density at radius 1 is 1.00 bits per heavy atom. The number of aryl methyl sites for hydroxylation is 1. The first-order valence-corrected chi connectivity index (χ1v) is 11.0. The Morgan fingerprint density at radius 3 is 2.44 bits per heavy atom. The molecule has 0 spiro atoms. The van der Waals surface area contributed by atoms with E-state index in [4.69, 9.17) is 0 Å². The molecule has 1 unspecified atom stereocenters. The summed E-state index contributed by atoms with van der Waals surface area (Å²) in [4.78, 5) is 0. The second kappa shape index (κ2) is 8.30. The van der Waals surface area contributed by atoms with E-state index in [1.807, 2.05) is 0 Å². The molecule has 0 aliphatic heterocycles. The van der Waals surface area contributed by atoms with Crippen molar-refractivity contribution in [3.63, 3.8) is 0 Å². The summed E-state index contributed by atoms with van der Waals surface area (Å²) in [5, 5.41) is 0. The van der Waals surface area contributed by atoms with Crippen LogP contribution in [0.15, 0.2) is 54.6 Å². The van der Waals surface area contributed by atoms with Crippen LogP contribution in [0.4, 0.5) is 0 Å². The summed E-state index contributed by atoms with van der Waals surface area (Å²) in [5.41, 5.74) is 10.6. The van der Waals surface area contributed by atoms with E-state index in [0.717, 1.165) is 6.42 Å². The van der Waals surface area contributed by atoms with Gasteiger partial charge in [-0.3, -0.25) is 0 Å². The van der Waals surface area contributed by atoms with E-state index in [0.29, 0.717) is 3.63 Å². The van der Waals surface area contributed by atoms with Crippen LogP contribution in [-0.4, -0.2) is 3.21 Å². The zero-order valence-electron chi connectivity index (χ0n) is 14.7. The van der Waals surface area contributed by atoms with Crippen LogP contribution in [0, 0.1) is 6.92 Å². The first-order chi connectivity index (χ1) is 11.2. The number of halogens is 2. The zero-order valence-corrected chi connectivity index (χ0v) is 18.7. The van der Waals surface area contributed by atoms with Crippen molar-refractivity contribution in [1.29, 1.82) is 0 Å². The van der Waals surface area contributed by atoms with E-state index in [9.17, 15) is 0 Å². The summed E-state index contributed by atoms with van der Waals surface area (Å²) < 4.78 is 2.35. The van der Waals surface area contributed by atoms with Crippen LogP contribution in [0.1, 0.15) is 46.1 Å². The maximum atomic E-state index is 2.37. The van der Waals surface area contributed by atoms with Crippen LogP contribution in [0.25, 0.3) is 16.7 Å². The van der Waals surface area contributed by atoms with Crippen LogP contribution in [0.2, 0.25) is 0 Å². The van der Waals surface area contributed by atoms with Crippen molar-refractivity contribution in [3.8, 4) is 11.1 Å². The predicted octanol–water partition coefficient (Wildman–Crippen LogP) is -0.289. The average Bonchev–Trinajstić information content (AvgIpc) is 3.16. The second-order valence-corrected chi connectivity index (χ2v) is 11.3. The molecule has 0 saturated carbocycles. The van der Waals surface area contributed by atoms with Crippen molar-refractivity contribution < 1.29 is 47.6 Å². The van der Waals surface area contributed by atoms with Crippen molar-refractivity contribution in [2.45, 2.75) is 30.8 Å². The van der Waals surface area contributed by atoms with Gasteiger partial charge in [0.2, 0.25) is 0 Å². The molecule has 3 heteroatoms. The fourth-order valence-electron chi connectivity index (χ4n) is 3.88. The standard InChI is InChI=1S/C19H15.C3H6.2ClH.Zr/c1-13-10-11-16(14-6-2-3-7-14)18-12-15-8-4-5-9-17(15)19(13)18;1-3-2;;;/h2-6,8-12H,7H2,1H3;1-2H3;2*1H;/q;;;;+2/p-2. The molecule has 4 rings (SSSR count). The third-order valence-corrected chi connectivity index (χ3v) is 8.44. The SMILES string of the molecule is C[C](C)=[Zr+2][CH]1c2ccccc2-c2c(C)ccc(C3=CC=CC3)c21.[Cl-].[Cl-]. The first-order valence-electron chi connectivity index (χ1n) is 8.32. The molecule has 1 atom stereocenters. The Bertz CT molecular complexity index is 887. The molecule has 0 radical (unpaired) electrons. The minimum atomic E-state index is -0.610. The molecule has 0 nitrogen and oxygen atoms in total. The van der Waals surface area contributed by atoms with Crippen molar-refractivity contribution in [3.05, 3.63) is 76.9 Å². The van der Waals surface area contributed by atoms with Crippen LogP contribution < -0.4 is 24.8 Å². The topological polar surface area (TPSA) is 0 Å². The van der Waals surface area contributed by atoms with Crippen LogP contribution in [0.5, 0.6) is 0 Å². The molecular formula is C22H21Cl2Zr. The minimum absolute atomic E-state index is 0. The number of rotatable bonds is 2. The van der Waals surface area contributed by atoms with E-state index >= 15 is 0 Å². The molecule has 2 aromatic carbocycles. The van der Waals surface area contributed by atoms with Gasteiger partial charge >= 0.3 is 150 Å². The Balaban J connectivity index is 0.00000113. The fourth-order valence-corrected chi connectivity index (χ4v) is 7.40. The molecule has 0 amide bonds. The fraction of sp³-hybridized carbons (Fsp3) is 0.227. The van der Waals surface area contributed by atoms with Gasteiger partial charge in [0.15, 0.2) is 0 Å². The number of benzene rings is 2. The summed E-state index contributed by atoms with van der Waals surface area (Å²) in [6.07, 6.45) is 7.86. The van der Waals surface area contributed by atoms with Crippen LogP contribution in [-0.2, 0) is 22.8 Å². The average molecular weight is 448 g/mol. The van der Waals surface area contributed by atoms with E-state index < -0.39 is 22.8 Å². The van der Waals surface area contributed by atoms with Gasteiger partial charge in [0.05, 0.1) is 0 Å². The molecule has 0 bridgehead atoms. The van der Waals surface area contributed by atoms with E-state index in [1.165, 1.54) is 27.8 Å². The van der Waals surface area contributed by atoms with Gasteiger partial charge < -0.3 is 24.8 Å². The Morgan fingerprint density at radius 2 is 1.76 bits per heavy atom. The van der Waals surface area contributed by atoms with Gasteiger partial charge in [-0.25, -0.2) is 0 Å². The summed E-state index contributed by atoms with van der Waals surface area (Å²) in [5.74, 6) is 0. The predicted molar refractivity (Wildman–Crippen MR) is 96.5 cm³/mol. The Hall–Kier alpha value is -0.747. The largest absolute Gasteiger partial charge is 1.00 e. The minimum Gasteiger partial charge on any atom is -1.00 e. The van der Waals surface area contributed by atoms with Gasteiger partial charge in [-0.05, 0) is 0 Å². The van der Waals surface area contributed by atoms with E-state index in [2.05, 4.69) is 75.4 Å². The summed E-state index contributed by atoms with van der Waals surface area (Å²) >= 11 is -0.610. The second-order valence-electron chi connectivity index (χ2n) is 6.71. The van der Waals surface area contributed by atoms with Gasteiger partial charge in [0, 0.05) is 0 Å². The Labute approximate surface area is 174 Å². The van der Waals surface area contributed by atoms with Gasteiger partial charge in [0.1, 0.15) is 0 Å². The van der Waals surface area contributed by atoms with Gasteiger partial charge in [-0.1, -0.05) is 0 Å². The first kappa shape index (κ1) is 20.6. The third-order valence-electron chi connectivity index (χ3n) is 4.83. The molecule has 0 N–H and O–H groups in total. The smallest absolute Gasteiger partial charge is 1.00 e. The summed E-state index contributed by atoms with van der Waals surface area (Å²) in [6.45, 7) is 6.94. The monoisotopic (exact) mass is 445 g/mol. The van der Waals surface area contributed by atoms with Gasteiger partial charge in [-0.2, -0.15) is 0 Å². The molecular weight excluding hydrogens is 426 g/mol. The van der Waals surface area contributed by atoms with E-state index in [1.54, 1.807) is 14.3 Å². The maximum Gasteiger partial charge on any atom is -1.00 e. The van der Waals surface area contributed by atoms with E-state index in [-0.39, 0.29) is 24.8 Å². The zero-order chi connectivity index (χ0) is 16.0. The van der Waals surface area contributed by atoms with Gasteiger partial charge in [0.25, 0.3) is 0 Å². The molecule has 0 heterocycles. The van der Waals surface area contributed by atoms with Crippen molar-refractivity contribution in [2.24, 2.45) is 0 Å². The quantitative estimate of drug-likeness (QED) is 0.594. The number of fused-ring (bicyclic) bond motifs is 3. The van der Waals surface area contributed by atoms with Crippen LogP contribution >= 0.6 is 0 Å². The molecule has 0 aromatic heterocycles. The van der Waals surface area contributed by atoms with Crippen molar-refractivity contribution >= 4 is 8.78 Å². The molecule has 2 aliphatic carbocycles. The number of hydrogen-bond acceptors (Lipinski definition) is 0. The van der Waals surface area contributed by atoms with Crippen LogP contribution in [0.3, 0.4) is 0 Å². The summed E-state index contributed by atoms with van der Waals surface area (Å²) in [6, 6.07) is 13.8. The normalized spacial score (nSPS) is 16.1. The summed E-state index contributed by atoms with van der Waals surface area (Å²) in [7, 11) is 0. The maximum absolute atomic E-state index is 2.37. The molecule has 2 aliphatic rings. The van der Waals surface area contributed by atoms with Crippen molar-refractivity contribution in [2.75, 3.05) is 0 Å². The number of hydrogen-bond donors (Lipinski definition) is 0. The Kier molecular flexibility index (Phi) is 6.82. The van der Waals surface area contributed by atoms with Gasteiger partial charge in [-0.15, -0.1) is 0 Å². The number of allylic oxidation sites excluding steroid dienone is 4. The molecule has 127 valence electrons. The van der Waals surface area contributed by atoms with Crippen molar-refractivity contribution in [1.82, 2.24) is 0 Å².